The van der Waals surface area contributed by atoms with E-state index in [1.807, 2.05) is 6.92 Å². The van der Waals surface area contributed by atoms with Gasteiger partial charge in [-0.05, 0) is 29.5 Å². The molecule has 0 heterocycles. The van der Waals surface area contributed by atoms with Gasteiger partial charge in [-0.25, -0.2) is 4.39 Å². The molecule has 0 amide bonds. The van der Waals surface area contributed by atoms with E-state index < -0.39 is 5.97 Å². The SMILES string of the molecule is CCSc1cc(F)cc(CC(=O)O)c1. The fourth-order valence-corrected chi connectivity index (χ4v) is 1.91. The van der Waals surface area contributed by atoms with Gasteiger partial charge in [-0.1, -0.05) is 6.92 Å². The molecule has 4 heteroatoms. The summed E-state index contributed by atoms with van der Waals surface area (Å²) < 4.78 is 13.0. The zero-order chi connectivity index (χ0) is 10.6. The van der Waals surface area contributed by atoms with Gasteiger partial charge in [-0.15, -0.1) is 11.8 Å². The van der Waals surface area contributed by atoms with Crippen LogP contribution in [0.2, 0.25) is 0 Å². The van der Waals surface area contributed by atoms with E-state index in [2.05, 4.69) is 0 Å². The Bertz CT molecular complexity index is 339. The highest BCUT2D eigenvalue weighted by Gasteiger charge is 2.04. The lowest BCUT2D eigenvalue weighted by molar-refractivity contribution is -0.136. The molecule has 0 radical (unpaired) electrons. The Balaban J connectivity index is 2.88. The molecule has 0 unspecified atom stereocenters. The van der Waals surface area contributed by atoms with E-state index in [1.165, 1.54) is 23.9 Å². The second-order valence-corrected chi connectivity index (χ2v) is 4.14. The molecule has 1 rings (SSSR count). The van der Waals surface area contributed by atoms with Gasteiger partial charge in [0.2, 0.25) is 0 Å². The van der Waals surface area contributed by atoms with Crippen LogP contribution in [0.3, 0.4) is 0 Å². The van der Waals surface area contributed by atoms with Gasteiger partial charge in [0.25, 0.3) is 0 Å². The summed E-state index contributed by atoms with van der Waals surface area (Å²) in [5.74, 6) is -0.474. The van der Waals surface area contributed by atoms with E-state index in [9.17, 15) is 9.18 Å². The Kier molecular flexibility index (Phi) is 3.95. The molecule has 0 aromatic heterocycles. The second-order valence-electron chi connectivity index (χ2n) is 2.80. The summed E-state index contributed by atoms with van der Waals surface area (Å²) in [6, 6.07) is 4.39. The number of halogens is 1. The third-order valence-corrected chi connectivity index (χ3v) is 2.46. The molecule has 0 saturated heterocycles. The quantitative estimate of drug-likeness (QED) is 0.783. The van der Waals surface area contributed by atoms with E-state index in [-0.39, 0.29) is 12.2 Å². The van der Waals surface area contributed by atoms with Crippen molar-refractivity contribution in [3.63, 3.8) is 0 Å². The molecular formula is C10H11FO2S. The largest absolute Gasteiger partial charge is 0.481 e. The van der Waals surface area contributed by atoms with Crippen molar-refractivity contribution in [1.82, 2.24) is 0 Å². The van der Waals surface area contributed by atoms with Crippen molar-refractivity contribution < 1.29 is 14.3 Å². The highest BCUT2D eigenvalue weighted by atomic mass is 32.2. The normalized spacial score (nSPS) is 10.1. The highest BCUT2D eigenvalue weighted by molar-refractivity contribution is 7.99. The van der Waals surface area contributed by atoms with E-state index >= 15 is 0 Å². The molecule has 0 spiro atoms. The van der Waals surface area contributed by atoms with E-state index in [1.54, 1.807) is 6.07 Å². The molecule has 0 aliphatic rings. The van der Waals surface area contributed by atoms with Crippen LogP contribution in [0.15, 0.2) is 23.1 Å². The summed E-state index contributed by atoms with van der Waals surface area (Å²) in [7, 11) is 0. The molecule has 0 aliphatic heterocycles. The Morgan fingerprint density at radius 2 is 2.21 bits per heavy atom. The van der Waals surface area contributed by atoms with Crippen LogP contribution >= 0.6 is 11.8 Å². The van der Waals surface area contributed by atoms with Crippen LogP contribution in [0.5, 0.6) is 0 Å². The minimum absolute atomic E-state index is 0.130. The molecule has 0 fully saturated rings. The Morgan fingerprint density at radius 3 is 2.79 bits per heavy atom. The van der Waals surface area contributed by atoms with E-state index in [0.717, 1.165) is 10.6 Å². The summed E-state index contributed by atoms with van der Waals surface area (Å²) in [5.41, 5.74) is 0.508. The summed E-state index contributed by atoms with van der Waals surface area (Å²) in [4.78, 5) is 11.2. The number of hydrogen-bond donors (Lipinski definition) is 1. The van der Waals surface area contributed by atoms with Gasteiger partial charge in [-0.3, -0.25) is 4.79 Å². The number of aliphatic carboxylic acids is 1. The minimum Gasteiger partial charge on any atom is -0.481 e. The number of carboxylic acids is 1. The average Bonchev–Trinajstić information content (AvgIpc) is 2.01. The molecular weight excluding hydrogens is 203 g/mol. The molecule has 1 aromatic rings. The Labute approximate surface area is 86.1 Å². The molecule has 0 atom stereocenters. The fraction of sp³-hybridized carbons (Fsp3) is 0.300. The third-order valence-electron chi connectivity index (χ3n) is 1.60. The number of carbonyl (C=O) groups is 1. The van der Waals surface area contributed by atoms with Gasteiger partial charge in [0.1, 0.15) is 5.82 Å². The van der Waals surface area contributed by atoms with Crippen LogP contribution in [0.4, 0.5) is 4.39 Å². The second kappa shape index (κ2) is 5.00. The predicted molar refractivity (Wildman–Crippen MR) is 54.1 cm³/mol. The first-order chi connectivity index (χ1) is 6.61. The van der Waals surface area contributed by atoms with Crippen molar-refractivity contribution in [1.29, 1.82) is 0 Å². The number of rotatable bonds is 4. The van der Waals surface area contributed by atoms with Crippen molar-refractivity contribution in [3.05, 3.63) is 29.6 Å². The maximum atomic E-state index is 13.0. The van der Waals surface area contributed by atoms with Gasteiger partial charge in [0.05, 0.1) is 6.42 Å². The Morgan fingerprint density at radius 1 is 1.50 bits per heavy atom. The standard InChI is InChI=1S/C10H11FO2S/c1-2-14-9-4-7(5-10(12)13)3-8(11)6-9/h3-4,6H,2,5H2,1H3,(H,12,13). The van der Waals surface area contributed by atoms with Gasteiger partial charge >= 0.3 is 5.97 Å². The first kappa shape index (κ1) is 11.0. The molecule has 76 valence electrons. The monoisotopic (exact) mass is 214 g/mol. The van der Waals surface area contributed by atoms with E-state index in [4.69, 9.17) is 5.11 Å². The topological polar surface area (TPSA) is 37.3 Å². The summed E-state index contributed by atoms with van der Waals surface area (Å²) in [6.45, 7) is 1.96. The molecule has 1 aromatic carbocycles. The van der Waals surface area contributed by atoms with Crippen molar-refractivity contribution in [3.8, 4) is 0 Å². The lowest BCUT2D eigenvalue weighted by Crippen LogP contribution is -2.00. The highest BCUT2D eigenvalue weighted by Crippen LogP contribution is 2.20. The summed E-state index contributed by atoms with van der Waals surface area (Å²) in [6.07, 6.45) is -0.130. The minimum atomic E-state index is -0.942. The first-order valence-electron chi connectivity index (χ1n) is 4.26. The molecule has 14 heavy (non-hydrogen) atoms. The van der Waals surface area contributed by atoms with Crippen molar-refractivity contribution >= 4 is 17.7 Å². The maximum Gasteiger partial charge on any atom is 0.307 e. The molecule has 0 bridgehead atoms. The maximum absolute atomic E-state index is 13.0. The van der Waals surface area contributed by atoms with Crippen LogP contribution in [0.25, 0.3) is 0 Å². The first-order valence-corrected chi connectivity index (χ1v) is 5.24. The predicted octanol–water partition coefficient (Wildman–Crippen LogP) is 2.56. The van der Waals surface area contributed by atoms with Gasteiger partial charge in [0.15, 0.2) is 0 Å². The molecule has 2 nitrogen and oxygen atoms in total. The number of carboxylic acid groups (broad SMARTS) is 1. The zero-order valence-corrected chi connectivity index (χ0v) is 8.60. The fourth-order valence-electron chi connectivity index (χ4n) is 1.15. The van der Waals surface area contributed by atoms with Crippen molar-refractivity contribution in [2.24, 2.45) is 0 Å². The molecule has 1 N–H and O–H groups in total. The van der Waals surface area contributed by atoms with Gasteiger partial charge in [0, 0.05) is 4.90 Å². The summed E-state index contributed by atoms with van der Waals surface area (Å²) >= 11 is 1.50. The molecule has 0 aliphatic carbocycles. The van der Waals surface area contributed by atoms with Crippen molar-refractivity contribution in [2.45, 2.75) is 18.2 Å². The lowest BCUT2D eigenvalue weighted by Gasteiger charge is -2.02. The van der Waals surface area contributed by atoms with E-state index in [0.29, 0.717) is 5.56 Å². The Hall–Kier alpha value is -1.03. The van der Waals surface area contributed by atoms with Crippen LogP contribution in [0, 0.1) is 5.82 Å². The lowest BCUT2D eigenvalue weighted by atomic mass is 10.1. The number of benzene rings is 1. The zero-order valence-electron chi connectivity index (χ0n) is 7.79. The third kappa shape index (κ3) is 3.38. The van der Waals surface area contributed by atoms with Crippen LogP contribution in [-0.4, -0.2) is 16.8 Å². The van der Waals surface area contributed by atoms with Gasteiger partial charge in [-0.2, -0.15) is 0 Å². The van der Waals surface area contributed by atoms with Gasteiger partial charge < -0.3 is 5.11 Å². The number of thioether (sulfide) groups is 1. The van der Waals surface area contributed by atoms with Crippen LogP contribution in [-0.2, 0) is 11.2 Å². The summed E-state index contributed by atoms with van der Waals surface area (Å²) in [5, 5.41) is 8.55. The number of hydrogen-bond acceptors (Lipinski definition) is 2. The molecule has 0 saturated carbocycles. The van der Waals surface area contributed by atoms with Crippen molar-refractivity contribution in [2.75, 3.05) is 5.75 Å². The smallest absolute Gasteiger partial charge is 0.307 e. The average molecular weight is 214 g/mol. The van der Waals surface area contributed by atoms with Crippen LogP contribution < -0.4 is 0 Å². The van der Waals surface area contributed by atoms with Crippen LogP contribution in [0.1, 0.15) is 12.5 Å².